The van der Waals surface area contributed by atoms with Gasteiger partial charge in [0.05, 0.1) is 6.04 Å². The Labute approximate surface area is 53.9 Å². The summed E-state index contributed by atoms with van der Waals surface area (Å²) < 4.78 is 2.57. The molecule has 0 aliphatic heterocycles. The Balaban J connectivity index is 3.63. The van der Waals surface area contributed by atoms with Gasteiger partial charge in [-0.3, -0.25) is 4.72 Å². The topological polar surface area (TPSA) is 76.4 Å². The molecule has 0 bridgehead atoms. The molecule has 0 aromatic carbocycles. The van der Waals surface area contributed by atoms with Gasteiger partial charge < -0.3 is 11.6 Å². The van der Waals surface area contributed by atoms with E-state index in [1.165, 1.54) is 0 Å². The Hall–Kier alpha value is -0.420. The van der Waals surface area contributed by atoms with E-state index in [1.54, 1.807) is 6.92 Å². The van der Waals surface area contributed by atoms with Crippen LogP contribution in [0.5, 0.6) is 0 Å². The highest BCUT2D eigenvalue weighted by molar-refractivity contribution is 7.78. The van der Waals surface area contributed by atoms with Crippen LogP contribution < -0.4 is 16.3 Å². The van der Waals surface area contributed by atoms with Crippen molar-refractivity contribution >= 4 is 18.7 Å². The molecule has 0 heterocycles. The number of nitrogens with zero attached hydrogens (tertiary/aromatic N) is 1. The largest absolute Gasteiger partial charge is 0.384 e. The van der Waals surface area contributed by atoms with Gasteiger partial charge in [0, 0.05) is 0 Å². The lowest BCUT2D eigenvalue weighted by Gasteiger charge is -2.04. The summed E-state index contributed by atoms with van der Waals surface area (Å²) in [6.07, 6.45) is 0. The number of hydrogen-bond acceptors (Lipinski definition) is 4. The van der Waals surface area contributed by atoms with E-state index in [9.17, 15) is 0 Å². The maximum absolute atomic E-state index is 5.24. The predicted molar refractivity (Wildman–Crippen MR) is 37.4 cm³/mol. The van der Waals surface area contributed by atoms with Crippen LogP contribution in [-0.4, -0.2) is 11.9 Å². The zero-order valence-corrected chi connectivity index (χ0v) is 5.52. The van der Waals surface area contributed by atoms with Crippen molar-refractivity contribution in [3.05, 3.63) is 0 Å². The van der Waals surface area contributed by atoms with Crippen molar-refractivity contribution in [2.75, 3.05) is 0 Å². The Morgan fingerprint density at radius 1 is 1.88 bits per heavy atom. The first kappa shape index (κ1) is 7.58. The lowest BCUT2D eigenvalue weighted by molar-refractivity contribution is 0.882. The SMILES string of the molecule is CC(NS)/C(N)=N/N. The van der Waals surface area contributed by atoms with Crippen LogP contribution >= 0.6 is 12.8 Å². The third-order valence-electron chi connectivity index (χ3n) is 0.786. The number of hydrazone groups is 1. The number of thiol groups is 1. The number of nitrogens with two attached hydrogens (primary N) is 2. The first-order chi connectivity index (χ1) is 3.72. The van der Waals surface area contributed by atoms with Gasteiger partial charge in [-0.1, -0.05) is 12.8 Å². The second-order valence-corrected chi connectivity index (χ2v) is 1.66. The van der Waals surface area contributed by atoms with Crippen LogP contribution in [0.3, 0.4) is 0 Å². The average molecular weight is 134 g/mol. The fourth-order valence-corrected chi connectivity index (χ4v) is 0.310. The van der Waals surface area contributed by atoms with Crippen molar-refractivity contribution in [1.82, 2.24) is 4.72 Å². The van der Waals surface area contributed by atoms with E-state index in [1.807, 2.05) is 0 Å². The van der Waals surface area contributed by atoms with E-state index >= 15 is 0 Å². The van der Waals surface area contributed by atoms with Gasteiger partial charge in [-0.15, -0.1) is 0 Å². The number of hydrogen-bond donors (Lipinski definition) is 4. The van der Waals surface area contributed by atoms with Crippen LogP contribution in [0.2, 0.25) is 0 Å². The maximum Gasteiger partial charge on any atom is 0.137 e. The fourth-order valence-electron chi connectivity index (χ4n) is 0.178. The van der Waals surface area contributed by atoms with Crippen LogP contribution in [-0.2, 0) is 0 Å². The van der Waals surface area contributed by atoms with Gasteiger partial charge in [0.25, 0.3) is 0 Å². The van der Waals surface area contributed by atoms with Crippen molar-refractivity contribution in [2.45, 2.75) is 13.0 Å². The predicted octanol–water partition coefficient (Wildman–Crippen LogP) is -0.960. The molecule has 0 aliphatic carbocycles. The molecule has 0 saturated carbocycles. The maximum atomic E-state index is 5.24. The van der Waals surface area contributed by atoms with Crippen LogP contribution in [0.4, 0.5) is 0 Å². The molecule has 5 N–H and O–H groups in total. The molecule has 48 valence electrons. The van der Waals surface area contributed by atoms with Gasteiger partial charge in [-0.25, -0.2) is 0 Å². The number of amidine groups is 1. The van der Waals surface area contributed by atoms with Gasteiger partial charge in [0.2, 0.25) is 0 Å². The molecule has 1 atom stereocenters. The molecular formula is C3H10N4S. The van der Waals surface area contributed by atoms with E-state index in [4.69, 9.17) is 11.6 Å². The minimum absolute atomic E-state index is 0.0664. The smallest absolute Gasteiger partial charge is 0.137 e. The first-order valence-corrected chi connectivity index (χ1v) is 2.60. The van der Waals surface area contributed by atoms with E-state index in [-0.39, 0.29) is 6.04 Å². The highest BCUT2D eigenvalue weighted by Crippen LogP contribution is 1.79. The minimum atomic E-state index is -0.0664. The molecule has 0 saturated heterocycles. The molecule has 0 aromatic rings. The second kappa shape index (κ2) is 3.57. The Morgan fingerprint density at radius 2 is 2.38 bits per heavy atom. The molecule has 0 aliphatic rings. The molecular weight excluding hydrogens is 124 g/mol. The van der Waals surface area contributed by atoms with Crippen LogP contribution in [0.25, 0.3) is 0 Å². The standard InChI is InChI=1S/C3H10N4S/c1-2(7-8)3(4)6-5/h2,7-8H,5H2,1H3,(H2,4,6). The number of nitrogens with one attached hydrogen (secondary N) is 1. The second-order valence-electron chi connectivity index (χ2n) is 1.40. The monoisotopic (exact) mass is 134 g/mol. The highest BCUT2D eigenvalue weighted by atomic mass is 32.1. The summed E-state index contributed by atoms with van der Waals surface area (Å²) >= 11 is 3.74. The Kier molecular flexibility index (Phi) is 3.38. The van der Waals surface area contributed by atoms with Gasteiger partial charge in [0.15, 0.2) is 0 Å². The quantitative estimate of drug-likeness (QED) is 0.129. The third kappa shape index (κ3) is 2.04. The van der Waals surface area contributed by atoms with Crippen molar-refractivity contribution in [2.24, 2.45) is 16.7 Å². The molecule has 5 heteroatoms. The molecule has 0 spiro atoms. The van der Waals surface area contributed by atoms with E-state index < -0.39 is 0 Å². The summed E-state index contributed by atoms with van der Waals surface area (Å²) in [5.74, 6) is 5.18. The van der Waals surface area contributed by atoms with Crippen molar-refractivity contribution in [3.8, 4) is 0 Å². The summed E-state index contributed by atoms with van der Waals surface area (Å²) in [4.78, 5) is 0. The van der Waals surface area contributed by atoms with E-state index in [2.05, 4.69) is 22.6 Å². The highest BCUT2D eigenvalue weighted by Gasteiger charge is 2.00. The van der Waals surface area contributed by atoms with Gasteiger partial charge in [-0.2, -0.15) is 5.10 Å². The van der Waals surface area contributed by atoms with Gasteiger partial charge in [-0.05, 0) is 6.92 Å². The third-order valence-corrected chi connectivity index (χ3v) is 1.17. The summed E-state index contributed by atoms with van der Waals surface area (Å²) in [7, 11) is 0. The normalized spacial score (nSPS) is 16.0. The molecule has 1 unspecified atom stereocenters. The Morgan fingerprint density at radius 3 is 2.50 bits per heavy atom. The zero-order valence-electron chi connectivity index (χ0n) is 4.63. The van der Waals surface area contributed by atoms with Crippen LogP contribution in [0.1, 0.15) is 6.92 Å². The molecule has 0 rings (SSSR count). The van der Waals surface area contributed by atoms with Crippen molar-refractivity contribution in [1.29, 1.82) is 0 Å². The van der Waals surface area contributed by atoms with E-state index in [0.29, 0.717) is 5.84 Å². The summed E-state index contributed by atoms with van der Waals surface area (Å²) in [6.45, 7) is 1.80. The van der Waals surface area contributed by atoms with Gasteiger partial charge in [0.1, 0.15) is 5.84 Å². The van der Waals surface area contributed by atoms with Gasteiger partial charge >= 0.3 is 0 Å². The molecule has 0 fully saturated rings. The molecule has 0 amide bonds. The lowest BCUT2D eigenvalue weighted by Crippen LogP contribution is -2.34. The molecule has 4 nitrogen and oxygen atoms in total. The van der Waals surface area contributed by atoms with Crippen molar-refractivity contribution < 1.29 is 0 Å². The zero-order chi connectivity index (χ0) is 6.57. The summed E-state index contributed by atoms with van der Waals surface area (Å²) in [5, 5.41) is 3.24. The minimum Gasteiger partial charge on any atom is -0.384 e. The Bertz CT molecular complexity index is 91.3. The van der Waals surface area contributed by atoms with Crippen LogP contribution in [0.15, 0.2) is 5.10 Å². The van der Waals surface area contributed by atoms with Crippen LogP contribution in [0, 0.1) is 0 Å². The van der Waals surface area contributed by atoms with E-state index in [0.717, 1.165) is 0 Å². The first-order valence-electron chi connectivity index (χ1n) is 2.15. The summed E-state index contributed by atoms with van der Waals surface area (Å²) in [6, 6.07) is -0.0664. The lowest BCUT2D eigenvalue weighted by atomic mass is 10.3. The molecule has 8 heavy (non-hydrogen) atoms. The average Bonchev–Trinajstić information content (AvgIpc) is 1.84. The molecule has 0 aromatic heterocycles. The summed E-state index contributed by atoms with van der Waals surface area (Å²) in [5.41, 5.74) is 5.24. The van der Waals surface area contributed by atoms with Crippen molar-refractivity contribution in [3.63, 3.8) is 0 Å². The fraction of sp³-hybridized carbons (Fsp3) is 0.667. The molecule has 0 radical (unpaired) electrons. The number of rotatable bonds is 2.